The smallest absolute Gasteiger partial charge is 0.237 e. The number of carbonyl (C=O) groups excluding carboxylic acids is 1. The van der Waals surface area contributed by atoms with Crippen LogP contribution in [0.1, 0.15) is 50.5 Å². The second-order valence-corrected chi connectivity index (χ2v) is 6.72. The molecule has 2 aliphatic rings. The van der Waals surface area contributed by atoms with Gasteiger partial charge in [0.1, 0.15) is 11.5 Å². The van der Waals surface area contributed by atoms with Gasteiger partial charge in [-0.3, -0.25) is 4.79 Å². The summed E-state index contributed by atoms with van der Waals surface area (Å²) < 4.78 is 11.5. The van der Waals surface area contributed by atoms with Gasteiger partial charge < -0.3 is 20.1 Å². The van der Waals surface area contributed by atoms with Crippen LogP contribution < -0.4 is 20.1 Å². The van der Waals surface area contributed by atoms with Gasteiger partial charge in [-0.25, -0.2) is 0 Å². The van der Waals surface area contributed by atoms with Crippen molar-refractivity contribution in [3.05, 3.63) is 23.8 Å². The maximum Gasteiger partial charge on any atom is 0.237 e. The molecule has 2 N–H and O–H groups in total. The number of nitrogens with one attached hydrogen (secondary N) is 2. The highest BCUT2D eigenvalue weighted by Gasteiger charge is 2.21. The molecule has 0 bridgehead atoms. The Hall–Kier alpha value is -1.75. The van der Waals surface area contributed by atoms with E-state index in [1.165, 1.54) is 12.8 Å². The number of hydrogen-bond donors (Lipinski definition) is 2. The Morgan fingerprint density at radius 2 is 2.00 bits per heavy atom. The second kappa shape index (κ2) is 8.38. The van der Waals surface area contributed by atoms with Gasteiger partial charge in [0.15, 0.2) is 0 Å². The number of ether oxygens (including phenoxy) is 2. The molecule has 1 aromatic carbocycles. The van der Waals surface area contributed by atoms with Crippen LogP contribution in [0.5, 0.6) is 11.5 Å². The van der Waals surface area contributed by atoms with Crippen molar-refractivity contribution in [1.29, 1.82) is 0 Å². The zero-order chi connectivity index (χ0) is 16.8. The summed E-state index contributed by atoms with van der Waals surface area (Å²) in [6.07, 6.45) is 8.14. The van der Waals surface area contributed by atoms with Gasteiger partial charge in [0, 0.05) is 18.2 Å². The second-order valence-electron chi connectivity index (χ2n) is 6.72. The van der Waals surface area contributed by atoms with Crippen LogP contribution in [0.25, 0.3) is 0 Å². The lowest BCUT2D eigenvalue weighted by Crippen LogP contribution is -2.46. The maximum atomic E-state index is 12.3. The highest BCUT2D eigenvalue weighted by atomic mass is 16.5. The molecule has 1 saturated heterocycles. The molecule has 132 valence electrons. The molecule has 0 spiro atoms. The summed E-state index contributed by atoms with van der Waals surface area (Å²) in [5.41, 5.74) is 1.01. The van der Waals surface area contributed by atoms with Gasteiger partial charge in [0.05, 0.1) is 19.3 Å². The van der Waals surface area contributed by atoms with E-state index in [4.69, 9.17) is 9.47 Å². The topological polar surface area (TPSA) is 59.6 Å². The molecule has 3 rings (SSSR count). The minimum absolute atomic E-state index is 0.0591. The number of methoxy groups -OCH3 is 1. The summed E-state index contributed by atoms with van der Waals surface area (Å²) in [4.78, 5) is 12.3. The van der Waals surface area contributed by atoms with Gasteiger partial charge in [-0.05, 0) is 57.2 Å². The standard InChI is InChI=1S/C19H28N2O3/c1-23-16-10-9-14(18(12-16)24-15-6-2-3-7-15)13-21-19(22)17-8-4-5-11-20-17/h9-10,12,15,17,20H,2-8,11,13H2,1H3,(H,21,22). The number of carbonyl (C=O) groups is 1. The van der Waals surface area contributed by atoms with Crippen LogP contribution in [0.3, 0.4) is 0 Å². The molecule has 2 fully saturated rings. The van der Waals surface area contributed by atoms with Crippen molar-refractivity contribution in [2.75, 3.05) is 13.7 Å². The average molecular weight is 332 g/mol. The minimum Gasteiger partial charge on any atom is -0.497 e. The van der Waals surface area contributed by atoms with E-state index in [1.807, 2.05) is 18.2 Å². The maximum absolute atomic E-state index is 12.3. The molecule has 1 heterocycles. The first kappa shape index (κ1) is 17.1. The first-order valence-electron chi connectivity index (χ1n) is 9.11. The molecule has 1 saturated carbocycles. The quantitative estimate of drug-likeness (QED) is 0.841. The fraction of sp³-hybridized carbons (Fsp3) is 0.632. The Balaban J connectivity index is 1.63. The summed E-state index contributed by atoms with van der Waals surface area (Å²) in [6.45, 7) is 1.42. The van der Waals surface area contributed by atoms with Crippen LogP contribution in [0, 0.1) is 0 Å². The van der Waals surface area contributed by atoms with Gasteiger partial charge in [-0.15, -0.1) is 0 Å². The molecule has 1 aliphatic heterocycles. The van der Waals surface area contributed by atoms with Crippen LogP contribution in [0.2, 0.25) is 0 Å². The summed E-state index contributed by atoms with van der Waals surface area (Å²) in [6, 6.07) is 5.77. The molecule has 5 heteroatoms. The summed E-state index contributed by atoms with van der Waals surface area (Å²) in [5.74, 6) is 1.70. The van der Waals surface area contributed by atoms with Crippen molar-refractivity contribution < 1.29 is 14.3 Å². The minimum atomic E-state index is -0.0591. The first-order valence-corrected chi connectivity index (χ1v) is 9.11. The van der Waals surface area contributed by atoms with E-state index < -0.39 is 0 Å². The Morgan fingerprint density at radius 3 is 2.71 bits per heavy atom. The Morgan fingerprint density at radius 1 is 1.21 bits per heavy atom. The highest BCUT2D eigenvalue weighted by Crippen LogP contribution is 2.30. The molecular formula is C19H28N2O3. The van der Waals surface area contributed by atoms with E-state index in [2.05, 4.69) is 10.6 Å². The third-order valence-electron chi connectivity index (χ3n) is 4.95. The highest BCUT2D eigenvalue weighted by molar-refractivity contribution is 5.81. The molecule has 1 atom stereocenters. The average Bonchev–Trinajstić information content (AvgIpc) is 3.14. The van der Waals surface area contributed by atoms with Crippen molar-refractivity contribution in [3.8, 4) is 11.5 Å². The van der Waals surface area contributed by atoms with Crippen molar-refractivity contribution in [2.24, 2.45) is 0 Å². The molecule has 1 unspecified atom stereocenters. The third kappa shape index (κ3) is 4.41. The van der Waals surface area contributed by atoms with Crippen molar-refractivity contribution in [2.45, 2.75) is 63.6 Å². The van der Waals surface area contributed by atoms with Gasteiger partial charge in [-0.2, -0.15) is 0 Å². The van der Waals surface area contributed by atoms with E-state index in [9.17, 15) is 4.79 Å². The number of benzene rings is 1. The van der Waals surface area contributed by atoms with Crippen LogP contribution in [-0.2, 0) is 11.3 Å². The number of hydrogen-bond acceptors (Lipinski definition) is 4. The number of piperidine rings is 1. The van der Waals surface area contributed by atoms with Crippen LogP contribution >= 0.6 is 0 Å². The lowest BCUT2D eigenvalue weighted by Gasteiger charge is -2.23. The van der Waals surface area contributed by atoms with Gasteiger partial charge >= 0.3 is 0 Å². The normalized spacial score (nSPS) is 21.5. The molecular weight excluding hydrogens is 304 g/mol. The van der Waals surface area contributed by atoms with E-state index in [0.717, 1.165) is 55.7 Å². The monoisotopic (exact) mass is 332 g/mol. The Labute approximate surface area is 144 Å². The summed E-state index contributed by atoms with van der Waals surface area (Å²) in [7, 11) is 1.66. The van der Waals surface area contributed by atoms with Crippen LogP contribution in [0.4, 0.5) is 0 Å². The van der Waals surface area contributed by atoms with E-state index in [0.29, 0.717) is 6.54 Å². The predicted molar refractivity (Wildman–Crippen MR) is 93.4 cm³/mol. The van der Waals surface area contributed by atoms with E-state index in [1.54, 1.807) is 7.11 Å². The first-order chi connectivity index (χ1) is 11.8. The Kier molecular flexibility index (Phi) is 5.96. The molecule has 1 aromatic rings. The van der Waals surface area contributed by atoms with Gasteiger partial charge in [0.2, 0.25) is 5.91 Å². The van der Waals surface area contributed by atoms with Crippen molar-refractivity contribution in [3.63, 3.8) is 0 Å². The molecule has 0 radical (unpaired) electrons. The number of amides is 1. The summed E-state index contributed by atoms with van der Waals surface area (Å²) in [5, 5.41) is 6.33. The molecule has 1 amide bonds. The van der Waals surface area contributed by atoms with Crippen molar-refractivity contribution in [1.82, 2.24) is 10.6 Å². The van der Waals surface area contributed by atoms with E-state index in [-0.39, 0.29) is 18.1 Å². The third-order valence-corrected chi connectivity index (χ3v) is 4.95. The zero-order valence-electron chi connectivity index (χ0n) is 14.5. The SMILES string of the molecule is COc1ccc(CNC(=O)C2CCCCN2)c(OC2CCCC2)c1. The van der Waals surface area contributed by atoms with E-state index >= 15 is 0 Å². The number of rotatable bonds is 6. The predicted octanol–water partition coefficient (Wildman–Crippen LogP) is 2.77. The lowest BCUT2D eigenvalue weighted by atomic mass is 10.0. The fourth-order valence-corrected chi connectivity index (χ4v) is 3.48. The molecule has 1 aliphatic carbocycles. The molecule has 0 aromatic heterocycles. The van der Waals surface area contributed by atoms with Crippen LogP contribution in [0.15, 0.2) is 18.2 Å². The molecule has 24 heavy (non-hydrogen) atoms. The molecule has 5 nitrogen and oxygen atoms in total. The van der Waals surface area contributed by atoms with Gasteiger partial charge in [0.25, 0.3) is 0 Å². The zero-order valence-corrected chi connectivity index (χ0v) is 14.5. The van der Waals surface area contributed by atoms with Gasteiger partial charge in [-0.1, -0.05) is 6.42 Å². The van der Waals surface area contributed by atoms with Crippen molar-refractivity contribution >= 4 is 5.91 Å². The van der Waals surface area contributed by atoms with Crippen LogP contribution in [-0.4, -0.2) is 31.7 Å². The Bertz CT molecular complexity index is 550. The lowest BCUT2D eigenvalue weighted by molar-refractivity contribution is -0.123. The summed E-state index contributed by atoms with van der Waals surface area (Å²) >= 11 is 0. The largest absolute Gasteiger partial charge is 0.497 e. The fourth-order valence-electron chi connectivity index (χ4n) is 3.48.